The van der Waals surface area contributed by atoms with Crippen molar-refractivity contribution in [1.82, 2.24) is 5.32 Å². The van der Waals surface area contributed by atoms with Crippen molar-refractivity contribution >= 4 is 11.6 Å². The van der Waals surface area contributed by atoms with Crippen molar-refractivity contribution in [3.05, 3.63) is 24.3 Å². The predicted octanol–water partition coefficient (Wildman–Crippen LogP) is 2.18. The SMILES string of the molecule is CCCNC(=O)CNc1ccccc1OCC1CCCO1. The van der Waals surface area contributed by atoms with E-state index in [0.717, 1.165) is 37.3 Å². The molecule has 1 heterocycles. The lowest BCUT2D eigenvalue weighted by Crippen LogP contribution is -2.30. The summed E-state index contributed by atoms with van der Waals surface area (Å²) in [6.07, 6.45) is 3.28. The van der Waals surface area contributed by atoms with E-state index in [1.54, 1.807) is 0 Å². The second-order valence-electron chi connectivity index (χ2n) is 5.15. The minimum absolute atomic E-state index is 0.00854. The van der Waals surface area contributed by atoms with Gasteiger partial charge in [-0.2, -0.15) is 0 Å². The average Bonchev–Trinajstić information content (AvgIpc) is 3.03. The zero-order chi connectivity index (χ0) is 14.9. The number of hydrogen-bond acceptors (Lipinski definition) is 4. The lowest BCUT2D eigenvalue weighted by atomic mass is 10.2. The highest BCUT2D eigenvalue weighted by Gasteiger charge is 2.16. The molecular weight excluding hydrogens is 268 g/mol. The minimum Gasteiger partial charge on any atom is -0.489 e. The van der Waals surface area contributed by atoms with Crippen LogP contribution in [0.1, 0.15) is 26.2 Å². The number of anilines is 1. The normalized spacial score (nSPS) is 17.5. The first kappa shape index (κ1) is 15.6. The Morgan fingerprint density at radius 1 is 1.43 bits per heavy atom. The van der Waals surface area contributed by atoms with Crippen molar-refractivity contribution in [1.29, 1.82) is 0 Å². The van der Waals surface area contributed by atoms with Crippen LogP contribution >= 0.6 is 0 Å². The molecule has 2 N–H and O–H groups in total. The number of benzene rings is 1. The summed E-state index contributed by atoms with van der Waals surface area (Å²) >= 11 is 0. The molecule has 1 fully saturated rings. The molecule has 2 rings (SSSR count). The molecule has 1 unspecified atom stereocenters. The van der Waals surface area contributed by atoms with Crippen LogP contribution < -0.4 is 15.4 Å². The van der Waals surface area contributed by atoms with Gasteiger partial charge in [-0.15, -0.1) is 0 Å². The lowest BCUT2D eigenvalue weighted by Gasteiger charge is -2.15. The molecule has 1 aromatic rings. The maximum absolute atomic E-state index is 11.6. The fourth-order valence-corrected chi connectivity index (χ4v) is 2.20. The highest BCUT2D eigenvalue weighted by atomic mass is 16.5. The Balaban J connectivity index is 1.82. The Kier molecular flexibility index (Phi) is 6.34. The second-order valence-corrected chi connectivity index (χ2v) is 5.15. The fraction of sp³-hybridized carbons (Fsp3) is 0.562. The Hall–Kier alpha value is -1.75. The van der Waals surface area contributed by atoms with Gasteiger partial charge in [0, 0.05) is 13.2 Å². The quantitative estimate of drug-likeness (QED) is 0.771. The van der Waals surface area contributed by atoms with Crippen LogP contribution in [0.3, 0.4) is 0 Å². The van der Waals surface area contributed by atoms with Gasteiger partial charge in [0.2, 0.25) is 5.91 Å². The summed E-state index contributed by atoms with van der Waals surface area (Å²) in [5.41, 5.74) is 0.835. The van der Waals surface area contributed by atoms with Crippen LogP contribution in [-0.4, -0.2) is 38.3 Å². The molecule has 1 aromatic carbocycles. The Morgan fingerprint density at radius 2 is 2.29 bits per heavy atom. The number of nitrogens with one attached hydrogen (secondary N) is 2. The maximum Gasteiger partial charge on any atom is 0.239 e. The molecule has 0 aromatic heterocycles. The van der Waals surface area contributed by atoms with E-state index in [1.165, 1.54) is 0 Å². The van der Waals surface area contributed by atoms with Crippen LogP contribution in [0.15, 0.2) is 24.3 Å². The van der Waals surface area contributed by atoms with Gasteiger partial charge in [-0.1, -0.05) is 19.1 Å². The first-order valence-electron chi connectivity index (χ1n) is 7.63. The van der Waals surface area contributed by atoms with Gasteiger partial charge in [-0.05, 0) is 31.4 Å². The third kappa shape index (κ3) is 5.27. The monoisotopic (exact) mass is 292 g/mol. The van der Waals surface area contributed by atoms with Gasteiger partial charge in [0.1, 0.15) is 12.4 Å². The molecule has 0 bridgehead atoms. The molecule has 0 radical (unpaired) electrons. The smallest absolute Gasteiger partial charge is 0.239 e. The average molecular weight is 292 g/mol. The number of amides is 1. The topological polar surface area (TPSA) is 59.6 Å². The Morgan fingerprint density at radius 3 is 3.05 bits per heavy atom. The van der Waals surface area contributed by atoms with E-state index in [4.69, 9.17) is 9.47 Å². The van der Waals surface area contributed by atoms with Crippen LogP contribution in [0.5, 0.6) is 5.75 Å². The fourth-order valence-electron chi connectivity index (χ4n) is 2.20. The molecule has 5 heteroatoms. The summed E-state index contributed by atoms with van der Waals surface area (Å²) in [5.74, 6) is 0.752. The summed E-state index contributed by atoms with van der Waals surface area (Å²) in [6, 6.07) is 7.66. The van der Waals surface area contributed by atoms with E-state index in [1.807, 2.05) is 31.2 Å². The third-order valence-electron chi connectivity index (χ3n) is 3.35. The van der Waals surface area contributed by atoms with E-state index in [0.29, 0.717) is 13.2 Å². The first-order chi connectivity index (χ1) is 10.3. The van der Waals surface area contributed by atoms with Gasteiger partial charge in [0.25, 0.3) is 0 Å². The largest absolute Gasteiger partial charge is 0.489 e. The van der Waals surface area contributed by atoms with Gasteiger partial charge in [-0.3, -0.25) is 4.79 Å². The number of carbonyl (C=O) groups excluding carboxylic acids is 1. The van der Waals surface area contributed by atoms with Crippen LogP contribution in [0.2, 0.25) is 0 Å². The first-order valence-corrected chi connectivity index (χ1v) is 7.63. The molecule has 1 aliphatic heterocycles. The van der Waals surface area contributed by atoms with Crippen molar-refractivity contribution in [2.75, 3.05) is 31.6 Å². The Bertz CT molecular complexity index is 445. The van der Waals surface area contributed by atoms with Gasteiger partial charge in [0.05, 0.1) is 18.3 Å². The molecule has 0 aliphatic carbocycles. The highest BCUT2D eigenvalue weighted by Crippen LogP contribution is 2.24. The standard InChI is InChI=1S/C16H24N2O3/c1-2-9-17-16(19)11-18-14-7-3-4-8-15(14)21-12-13-6-5-10-20-13/h3-4,7-8,13,18H,2,5-6,9-12H2,1H3,(H,17,19). The van der Waals surface area contributed by atoms with Crippen molar-refractivity contribution < 1.29 is 14.3 Å². The van der Waals surface area contributed by atoms with Crippen LogP contribution in [0.25, 0.3) is 0 Å². The molecule has 1 atom stereocenters. The van der Waals surface area contributed by atoms with Crippen LogP contribution in [-0.2, 0) is 9.53 Å². The Labute approximate surface area is 126 Å². The van der Waals surface area contributed by atoms with Crippen molar-refractivity contribution in [3.8, 4) is 5.75 Å². The summed E-state index contributed by atoms with van der Waals surface area (Å²) in [7, 11) is 0. The summed E-state index contributed by atoms with van der Waals surface area (Å²) in [4.78, 5) is 11.6. The number of hydrogen-bond donors (Lipinski definition) is 2. The van der Waals surface area contributed by atoms with E-state index in [2.05, 4.69) is 10.6 Å². The minimum atomic E-state index is -0.00854. The van der Waals surface area contributed by atoms with E-state index < -0.39 is 0 Å². The maximum atomic E-state index is 11.6. The summed E-state index contributed by atoms with van der Waals surface area (Å²) in [6.45, 7) is 4.37. The lowest BCUT2D eigenvalue weighted by molar-refractivity contribution is -0.119. The zero-order valence-corrected chi connectivity index (χ0v) is 12.6. The number of ether oxygens (including phenoxy) is 2. The predicted molar refractivity (Wildman–Crippen MR) is 82.7 cm³/mol. The van der Waals surface area contributed by atoms with Crippen LogP contribution in [0.4, 0.5) is 5.69 Å². The van der Waals surface area contributed by atoms with Crippen molar-refractivity contribution in [2.24, 2.45) is 0 Å². The molecule has 21 heavy (non-hydrogen) atoms. The third-order valence-corrected chi connectivity index (χ3v) is 3.35. The van der Waals surface area contributed by atoms with Gasteiger partial charge in [-0.25, -0.2) is 0 Å². The number of para-hydroxylation sites is 2. The molecular formula is C16H24N2O3. The summed E-state index contributed by atoms with van der Waals surface area (Å²) in [5, 5.41) is 5.96. The van der Waals surface area contributed by atoms with Gasteiger partial charge in [0.15, 0.2) is 0 Å². The molecule has 0 spiro atoms. The van der Waals surface area contributed by atoms with Gasteiger partial charge >= 0.3 is 0 Å². The molecule has 5 nitrogen and oxygen atoms in total. The van der Waals surface area contributed by atoms with Crippen molar-refractivity contribution in [2.45, 2.75) is 32.3 Å². The van der Waals surface area contributed by atoms with Crippen molar-refractivity contribution in [3.63, 3.8) is 0 Å². The van der Waals surface area contributed by atoms with Gasteiger partial charge < -0.3 is 20.1 Å². The zero-order valence-electron chi connectivity index (χ0n) is 12.6. The van der Waals surface area contributed by atoms with E-state index in [-0.39, 0.29) is 18.6 Å². The molecule has 1 aliphatic rings. The second kappa shape index (κ2) is 8.52. The number of rotatable bonds is 8. The summed E-state index contributed by atoms with van der Waals surface area (Å²) < 4.78 is 11.4. The van der Waals surface area contributed by atoms with E-state index in [9.17, 15) is 4.79 Å². The molecule has 1 amide bonds. The molecule has 116 valence electrons. The van der Waals surface area contributed by atoms with E-state index >= 15 is 0 Å². The highest BCUT2D eigenvalue weighted by molar-refractivity contribution is 5.81. The van der Waals surface area contributed by atoms with Crippen LogP contribution in [0, 0.1) is 0 Å². The molecule has 1 saturated heterocycles. The molecule has 0 saturated carbocycles. The number of carbonyl (C=O) groups is 1.